The van der Waals surface area contributed by atoms with Crippen LogP contribution in [0.15, 0.2) is 54.9 Å². The average molecular weight is 330 g/mol. The molecule has 1 aromatic carbocycles. The second-order valence-electron chi connectivity index (χ2n) is 5.37. The van der Waals surface area contributed by atoms with E-state index in [1.165, 1.54) is 12.1 Å². The molecule has 0 saturated heterocycles. The van der Waals surface area contributed by atoms with Crippen LogP contribution in [0.2, 0.25) is 0 Å². The summed E-state index contributed by atoms with van der Waals surface area (Å²) in [6, 6.07) is 13.2. The third kappa shape index (κ3) is 2.56. The molecule has 3 aromatic heterocycles. The number of benzene rings is 1. The van der Waals surface area contributed by atoms with Crippen LogP contribution in [-0.4, -0.2) is 19.4 Å². The first-order valence-electron chi connectivity index (χ1n) is 7.43. The van der Waals surface area contributed by atoms with Gasteiger partial charge in [-0.25, -0.2) is 19.3 Å². The van der Waals surface area contributed by atoms with Gasteiger partial charge in [0.25, 0.3) is 0 Å². The summed E-state index contributed by atoms with van der Waals surface area (Å²) in [5.41, 5.74) is 9.44. The number of imidazole rings is 1. The fourth-order valence-corrected chi connectivity index (χ4v) is 2.67. The zero-order valence-corrected chi connectivity index (χ0v) is 12.9. The third-order valence-corrected chi connectivity index (χ3v) is 3.79. The van der Waals surface area contributed by atoms with Gasteiger partial charge >= 0.3 is 0 Å². The van der Waals surface area contributed by atoms with Gasteiger partial charge in [-0.1, -0.05) is 0 Å². The van der Waals surface area contributed by atoms with E-state index in [0.717, 1.165) is 5.56 Å². The lowest BCUT2D eigenvalue weighted by Gasteiger charge is -2.05. The largest absolute Gasteiger partial charge is 0.368 e. The Hall–Kier alpha value is -3.79. The number of aromatic nitrogens is 4. The van der Waals surface area contributed by atoms with Crippen molar-refractivity contribution in [3.05, 3.63) is 66.2 Å². The predicted octanol–water partition coefficient (Wildman–Crippen LogP) is 3.05. The quantitative estimate of drug-likeness (QED) is 0.610. The van der Waals surface area contributed by atoms with E-state index < -0.39 is 0 Å². The van der Waals surface area contributed by atoms with Crippen LogP contribution >= 0.6 is 0 Å². The van der Waals surface area contributed by atoms with Crippen LogP contribution in [0.4, 0.5) is 10.3 Å². The Balaban J connectivity index is 2.05. The number of hydrogen-bond acceptors (Lipinski definition) is 5. The Labute approximate surface area is 142 Å². The van der Waals surface area contributed by atoms with Crippen molar-refractivity contribution in [1.82, 2.24) is 19.4 Å². The molecule has 0 unspecified atom stereocenters. The number of rotatable bonds is 2. The van der Waals surface area contributed by atoms with Gasteiger partial charge in [0.05, 0.1) is 28.7 Å². The van der Waals surface area contributed by atoms with Gasteiger partial charge in [-0.05, 0) is 42.5 Å². The van der Waals surface area contributed by atoms with Gasteiger partial charge in [-0.15, -0.1) is 0 Å². The fraction of sp³-hybridized carbons (Fsp3) is 0. The molecule has 120 valence electrons. The number of anilines is 1. The van der Waals surface area contributed by atoms with Gasteiger partial charge in [0.15, 0.2) is 0 Å². The smallest absolute Gasteiger partial charge is 0.220 e. The van der Waals surface area contributed by atoms with Crippen molar-refractivity contribution in [2.45, 2.75) is 0 Å². The molecule has 0 atom stereocenters. The van der Waals surface area contributed by atoms with Crippen molar-refractivity contribution < 1.29 is 4.39 Å². The van der Waals surface area contributed by atoms with Crippen LogP contribution in [-0.2, 0) is 0 Å². The van der Waals surface area contributed by atoms with Crippen molar-refractivity contribution in [3.8, 4) is 28.7 Å². The monoisotopic (exact) mass is 330 g/mol. The molecule has 25 heavy (non-hydrogen) atoms. The maximum atomic E-state index is 13.3. The first-order valence-corrected chi connectivity index (χ1v) is 7.43. The zero-order chi connectivity index (χ0) is 17.4. The van der Waals surface area contributed by atoms with Gasteiger partial charge < -0.3 is 5.73 Å². The summed E-state index contributed by atoms with van der Waals surface area (Å²) in [5, 5.41) is 9.11. The maximum absolute atomic E-state index is 13.3. The Morgan fingerprint density at radius 2 is 1.88 bits per heavy atom. The van der Waals surface area contributed by atoms with Crippen LogP contribution in [0.3, 0.4) is 0 Å². The highest BCUT2D eigenvalue weighted by Gasteiger charge is 2.17. The normalized spacial score (nSPS) is 10.7. The van der Waals surface area contributed by atoms with E-state index in [0.29, 0.717) is 28.3 Å². The molecule has 7 heteroatoms. The van der Waals surface area contributed by atoms with Crippen molar-refractivity contribution in [3.63, 3.8) is 0 Å². The number of halogens is 1. The van der Waals surface area contributed by atoms with Crippen LogP contribution in [0, 0.1) is 17.1 Å². The minimum absolute atomic E-state index is 0.145. The van der Waals surface area contributed by atoms with Crippen molar-refractivity contribution >= 4 is 11.6 Å². The first-order chi connectivity index (χ1) is 12.2. The molecule has 3 heterocycles. The first kappa shape index (κ1) is 14.8. The predicted molar refractivity (Wildman–Crippen MR) is 90.7 cm³/mol. The summed E-state index contributed by atoms with van der Waals surface area (Å²) in [5.74, 6) is -0.182. The minimum Gasteiger partial charge on any atom is -0.368 e. The maximum Gasteiger partial charge on any atom is 0.220 e. The number of hydrogen-bond donors (Lipinski definition) is 1. The fourth-order valence-electron chi connectivity index (χ4n) is 2.67. The van der Waals surface area contributed by atoms with E-state index in [2.05, 4.69) is 21.0 Å². The van der Waals surface area contributed by atoms with E-state index in [1.54, 1.807) is 42.7 Å². The molecule has 0 aliphatic rings. The molecule has 6 nitrogen and oxygen atoms in total. The summed E-state index contributed by atoms with van der Waals surface area (Å²) in [4.78, 5) is 12.8. The zero-order valence-electron chi connectivity index (χ0n) is 12.9. The van der Waals surface area contributed by atoms with Crippen molar-refractivity contribution in [1.29, 1.82) is 5.26 Å². The molecule has 4 rings (SSSR count). The van der Waals surface area contributed by atoms with Crippen LogP contribution < -0.4 is 5.73 Å². The molecule has 0 aliphatic heterocycles. The molecule has 0 saturated carbocycles. The van der Waals surface area contributed by atoms with Gasteiger partial charge in [0, 0.05) is 18.0 Å². The Bertz CT molecular complexity index is 1120. The van der Waals surface area contributed by atoms with E-state index >= 15 is 0 Å². The molecule has 0 spiro atoms. The molecule has 0 aliphatic carbocycles. The standard InChI is InChI=1S/C18H11FN6/c19-13-3-1-12(2-4-13)16-17(14-5-7-22-18(21)23-14)25-8-6-11(10-20)9-15(25)24-16/h1-9H,(H2,21,22,23). The van der Waals surface area contributed by atoms with Crippen molar-refractivity contribution in [2.24, 2.45) is 0 Å². The van der Waals surface area contributed by atoms with E-state index in [4.69, 9.17) is 11.0 Å². The number of nitrogens with zero attached hydrogens (tertiary/aromatic N) is 5. The van der Waals surface area contributed by atoms with Crippen LogP contribution in [0.1, 0.15) is 5.56 Å². The highest BCUT2D eigenvalue weighted by Crippen LogP contribution is 2.32. The Morgan fingerprint density at radius 3 is 2.60 bits per heavy atom. The molecule has 0 amide bonds. The number of nitrogens with two attached hydrogens (primary N) is 1. The topological polar surface area (TPSA) is 92.9 Å². The van der Waals surface area contributed by atoms with Crippen LogP contribution in [0.5, 0.6) is 0 Å². The Morgan fingerprint density at radius 1 is 1.08 bits per heavy atom. The minimum atomic E-state index is -0.327. The molecular weight excluding hydrogens is 319 g/mol. The number of pyridine rings is 1. The molecule has 2 N–H and O–H groups in total. The lowest BCUT2D eigenvalue weighted by molar-refractivity contribution is 0.628. The molecule has 0 bridgehead atoms. The highest BCUT2D eigenvalue weighted by atomic mass is 19.1. The van der Waals surface area contributed by atoms with E-state index in [9.17, 15) is 4.39 Å². The summed E-state index contributed by atoms with van der Waals surface area (Å²) in [6.45, 7) is 0. The number of nitriles is 1. The van der Waals surface area contributed by atoms with Crippen LogP contribution in [0.25, 0.3) is 28.3 Å². The summed E-state index contributed by atoms with van der Waals surface area (Å²) < 4.78 is 15.1. The number of fused-ring (bicyclic) bond motifs is 1. The summed E-state index contributed by atoms with van der Waals surface area (Å²) >= 11 is 0. The molecule has 0 fully saturated rings. The second-order valence-corrected chi connectivity index (χ2v) is 5.37. The van der Waals surface area contributed by atoms with Gasteiger partial charge in [-0.2, -0.15) is 5.26 Å². The SMILES string of the molecule is N#Cc1ccn2c(-c3ccnc(N)n3)c(-c3ccc(F)cc3)nc2c1. The third-order valence-electron chi connectivity index (χ3n) is 3.79. The lowest BCUT2D eigenvalue weighted by atomic mass is 10.1. The average Bonchev–Trinajstić information content (AvgIpc) is 3.00. The van der Waals surface area contributed by atoms with Gasteiger partial charge in [0.1, 0.15) is 11.5 Å². The lowest BCUT2D eigenvalue weighted by Crippen LogP contribution is -1.98. The van der Waals surface area contributed by atoms with E-state index in [-0.39, 0.29) is 11.8 Å². The second kappa shape index (κ2) is 5.69. The summed E-state index contributed by atoms with van der Waals surface area (Å²) in [7, 11) is 0. The molecular formula is C18H11FN6. The summed E-state index contributed by atoms with van der Waals surface area (Å²) in [6.07, 6.45) is 3.32. The van der Waals surface area contributed by atoms with Gasteiger partial charge in [-0.3, -0.25) is 4.40 Å². The van der Waals surface area contributed by atoms with Crippen molar-refractivity contribution in [2.75, 3.05) is 5.73 Å². The number of nitrogen functional groups attached to an aromatic ring is 1. The molecule has 4 aromatic rings. The Kier molecular flexibility index (Phi) is 3.36. The highest BCUT2D eigenvalue weighted by molar-refractivity contribution is 5.80. The molecule has 0 radical (unpaired) electrons. The van der Waals surface area contributed by atoms with E-state index in [1.807, 2.05) is 4.40 Å². The van der Waals surface area contributed by atoms with Gasteiger partial charge in [0.2, 0.25) is 5.95 Å².